The van der Waals surface area contributed by atoms with E-state index in [1.165, 1.54) is 0 Å². The zero-order chi connectivity index (χ0) is 8.69. The van der Waals surface area contributed by atoms with E-state index >= 15 is 0 Å². The van der Waals surface area contributed by atoms with E-state index in [9.17, 15) is 4.79 Å². The first kappa shape index (κ1) is 9.69. The van der Waals surface area contributed by atoms with Gasteiger partial charge in [0.05, 0.1) is 0 Å². The second kappa shape index (κ2) is 5.47. The lowest BCUT2D eigenvalue weighted by atomic mass is 10.3. The molecule has 0 radical (unpaired) electrons. The quantitative estimate of drug-likeness (QED) is 0.349. The second-order valence-corrected chi connectivity index (χ2v) is 1.97. The van der Waals surface area contributed by atoms with Crippen LogP contribution < -0.4 is 0 Å². The summed E-state index contributed by atoms with van der Waals surface area (Å²) in [6, 6.07) is 0. The van der Waals surface area contributed by atoms with E-state index in [4.69, 9.17) is 4.74 Å². The monoisotopic (exact) mass is 152 g/mol. The van der Waals surface area contributed by atoms with E-state index in [1.807, 2.05) is 0 Å². The first-order chi connectivity index (χ1) is 5.20. The Balaban J connectivity index is 3.76. The maximum Gasteiger partial charge on any atom is 0.330 e. The van der Waals surface area contributed by atoms with E-state index < -0.39 is 5.97 Å². The van der Waals surface area contributed by atoms with Gasteiger partial charge in [0.15, 0.2) is 0 Å². The molecule has 0 N–H and O–H groups in total. The molecule has 0 aromatic carbocycles. The average Bonchev–Trinajstić information content (AvgIpc) is 2.00. The summed E-state index contributed by atoms with van der Waals surface area (Å²) in [5.74, 6) is -0.411. The summed E-state index contributed by atoms with van der Waals surface area (Å²) in [5.41, 5.74) is 0. The van der Waals surface area contributed by atoms with Crippen molar-refractivity contribution in [1.29, 1.82) is 0 Å². The Hall–Kier alpha value is -1.31. The first-order valence-electron chi connectivity index (χ1n) is 3.33. The molecule has 0 saturated carbocycles. The van der Waals surface area contributed by atoms with Crippen LogP contribution in [0, 0.1) is 0 Å². The van der Waals surface area contributed by atoms with Gasteiger partial charge in [-0.3, -0.25) is 0 Å². The summed E-state index contributed by atoms with van der Waals surface area (Å²) in [6.07, 6.45) is 5.99. The van der Waals surface area contributed by atoms with Crippen molar-refractivity contribution in [2.24, 2.45) is 0 Å². The minimum absolute atomic E-state index is 0.224. The second-order valence-electron chi connectivity index (χ2n) is 1.97. The van der Waals surface area contributed by atoms with Crippen molar-refractivity contribution in [2.75, 3.05) is 0 Å². The third-order valence-corrected chi connectivity index (χ3v) is 0.987. The zero-order valence-electron chi connectivity index (χ0n) is 6.62. The molecule has 11 heavy (non-hydrogen) atoms. The molecule has 1 atom stereocenters. The third-order valence-electron chi connectivity index (χ3n) is 0.987. The smallest absolute Gasteiger partial charge is 0.330 e. The molecule has 0 aromatic heterocycles. The molecule has 0 spiro atoms. The van der Waals surface area contributed by atoms with Crippen LogP contribution in [0.3, 0.4) is 0 Å². The fraction of sp³-hybridized carbons (Fsp3) is 0.222. The molecule has 0 heterocycles. The van der Waals surface area contributed by atoms with Crippen molar-refractivity contribution in [3.8, 4) is 0 Å². The highest BCUT2D eigenvalue weighted by atomic mass is 16.5. The van der Waals surface area contributed by atoms with Gasteiger partial charge in [-0.25, -0.2) is 4.79 Å². The number of allylic oxidation sites excluding steroid dienone is 2. The van der Waals surface area contributed by atoms with Crippen LogP contribution in [0.4, 0.5) is 0 Å². The normalized spacial score (nSPS) is 12.5. The maximum atomic E-state index is 10.6. The van der Waals surface area contributed by atoms with Crippen molar-refractivity contribution in [3.05, 3.63) is 37.5 Å². The summed E-state index contributed by atoms with van der Waals surface area (Å²) in [4.78, 5) is 10.6. The summed E-state index contributed by atoms with van der Waals surface area (Å²) < 4.78 is 4.81. The number of carbonyl (C=O) groups is 1. The van der Waals surface area contributed by atoms with Crippen LogP contribution in [0.25, 0.3) is 0 Å². The Bertz CT molecular complexity index is 180. The number of hydrogen-bond donors (Lipinski definition) is 0. The summed E-state index contributed by atoms with van der Waals surface area (Å²) in [5, 5.41) is 0. The highest BCUT2D eigenvalue weighted by Gasteiger charge is 1.99. The SMILES string of the molecule is C=C/C=C/[C@H](C)OC(=O)C=C. The number of ether oxygens (including phenoxy) is 1. The van der Waals surface area contributed by atoms with Gasteiger partial charge in [0.2, 0.25) is 0 Å². The van der Waals surface area contributed by atoms with Crippen molar-refractivity contribution >= 4 is 5.97 Å². The van der Waals surface area contributed by atoms with Gasteiger partial charge in [0.25, 0.3) is 0 Å². The number of rotatable bonds is 4. The summed E-state index contributed by atoms with van der Waals surface area (Å²) in [6.45, 7) is 8.52. The zero-order valence-corrected chi connectivity index (χ0v) is 6.62. The third kappa shape index (κ3) is 5.15. The lowest BCUT2D eigenvalue weighted by Gasteiger charge is -2.04. The molecule has 2 heteroatoms. The van der Waals surface area contributed by atoms with Gasteiger partial charge in [0, 0.05) is 6.08 Å². The van der Waals surface area contributed by atoms with Crippen LogP contribution in [0.5, 0.6) is 0 Å². The molecule has 2 nitrogen and oxygen atoms in total. The lowest BCUT2D eigenvalue weighted by Crippen LogP contribution is -2.09. The van der Waals surface area contributed by atoms with Crippen molar-refractivity contribution in [2.45, 2.75) is 13.0 Å². The molecule has 0 aromatic rings. The molecule has 60 valence electrons. The van der Waals surface area contributed by atoms with Crippen LogP contribution >= 0.6 is 0 Å². The van der Waals surface area contributed by atoms with Crippen LogP contribution in [-0.4, -0.2) is 12.1 Å². The number of carbonyl (C=O) groups excluding carboxylic acids is 1. The van der Waals surface area contributed by atoms with Crippen LogP contribution in [0.1, 0.15) is 6.92 Å². The Morgan fingerprint density at radius 2 is 2.18 bits per heavy atom. The number of hydrogen-bond acceptors (Lipinski definition) is 2. The highest BCUT2D eigenvalue weighted by molar-refractivity contribution is 5.81. The van der Waals surface area contributed by atoms with Gasteiger partial charge in [0.1, 0.15) is 6.10 Å². The Morgan fingerprint density at radius 1 is 1.55 bits per heavy atom. The molecule has 0 rings (SSSR count). The molecular weight excluding hydrogens is 140 g/mol. The molecule has 0 aliphatic heterocycles. The molecule has 0 aliphatic carbocycles. The van der Waals surface area contributed by atoms with Gasteiger partial charge < -0.3 is 4.74 Å². The predicted molar refractivity (Wildman–Crippen MR) is 45.1 cm³/mol. The molecule has 0 bridgehead atoms. The van der Waals surface area contributed by atoms with E-state index in [-0.39, 0.29) is 6.10 Å². The van der Waals surface area contributed by atoms with Crippen LogP contribution in [0.15, 0.2) is 37.5 Å². The van der Waals surface area contributed by atoms with Gasteiger partial charge in [-0.2, -0.15) is 0 Å². The van der Waals surface area contributed by atoms with Gasteiger partial charge in [-0.15, -0.1) is 0 Å². The Labute approximate surface area is 66.9 Å². The van der Waals surface area contributed by atoms with Crippen molar-refractivity contribution < 1.29 is 9.53 Å². The lowest BCUT2D eigenvalue weighted by molar-refractivity contribution is -0.140. The van der Waals surface area contributed by atoms with Gasteiger partial charge >= 0.3 is 5.97 Å². The van der Waals surface area contributed by atoms with E-state index in [2.05, 4.69) is 13.2 Å². The Morgan fingerprint density at radius 3 is 2.64 bits per heavy atom. The Kier molecular flexibility index (Phi) is 4.82. The average molecular weight is 152 g/mol. The topological polar surface area (TPSA) is 26.3 Å². The minimum atomic E-state index is -0.411. The molecule has 0 unspecified atom stereocenters. The molecule has 0 saturated heterocycles. The molecule has 0 aliphatic rings. The summed E-state index contributed by atoms with van der Waals surface area (Å²) in [7, 11) is 0. The molecule has 0 amide bonds. The van der Waals surface area contributed by atoms with Crippen LogP contribution in [-0.2, 0) is 9.53 Å². The predicted octanol–water partition coefficient (Wildman–Crippen LogP) is 1.85. The minimum Gasteiger partial charge on any atom is -0.455 e. The van der Waals surface area contributed by atoms with E-state index in [0.717, 1.165) is 6.08 Å². The first-order valence-corrected chi connectivity index (χ1v) is 3.33. The fourth-order valence-corrected chi connectivity index (χ4v) is 0.506. The molecule has 0 fully saturated rings. The highest BCUT2D eigenvalue weighted by Crippen LogP contribution is 1.93. The maximum absolute atomic E-state index is 10.6. The van der Waals surface area contributed by atoms with Crippen molar-refractivity contribution in [1.82, 2.24) is 0 Å². The standard InChI is InChI=1S/C9H12O2/c1-4-6-7-8(3)11-9(10)5-2/h4-8H,1-2H2,3H3/b7-6+/t8-/m0/s1. The largest absolute Gasteiger partial charge is 0.455 e. The van der Waals surface area contributed by atoms with Gasteiger partial charge in [-0.1, -0.05) is 25.3 Å². The fourth-order valence-electron chi connectivity index (χ4n) is 0.506. The molecular formula is C9H12O2. The summed E-state index contributed by atoms with van der Waals surface area (Å²) >= 11 is 0. The number of esters is 1. The van der Waals surface area contributed by atoms with Crippen molar-refractivity contribution in [3.63, 3.8) is 0 Å². The van der Waals surface area contributed by atoms with Gasteiger partial charge in [-0.05, 0) is 13.0 Å². The van der Waals surface area contributed by atoms with E-state index in [1.54, 1.807) is 25.2 Å². The van der Waals surface area contributed by atoms with Crippen LogP contribution in [0.2, 0.25) is 0 Å². The van der Waals surface area contributed by atoms with E-state index in [0.29, 0.717) is 0 Å².